The summed E-state index contributed by atoms with van der Waals surface area (Å²) >= 11 is 0. The molecular weight excluding hydrogens is 669 g/mol. The maximum atomic E-state index is 6.58. The summed E-state index contributed by atoms with van der Waals surface area (Å²) in [5.74, 6) is 0. The Bertz CT molecular complexity index is 3150. The maximum absolute atomic E-state index is 6.58. The summed E-state index contributed by atoms with van der Waals surface area (Å²) in [7, 11) is 0. The van der Waals surface area contributed by atoms with Gasteiger partial charge in [-0.1, -0.05) is 133 Å². The molecule has 3 nitrogen and oxygen atoms in total. The molecule has 2 aromatic heterocycles. The first-order valence-corrected chi connectivity index (χ1v) is 18.8. The van der Waals surface area contributed by atoms with Crippen LogP contribution in [-0.4, -0.2) is 4.57 Å². The molecule has 11 rings (SSSR count). The smallest absolute Gasteiger partial charge is 0.143 e. The number of hydrogen-bond donors (Lipinski definition) is 0. The van der Waals surface area contributed by atoms with Gasteiger partial charge in [-0.3, -0.25) is 0 Å². The molecule has 11 aromatic rings. The zero-order valence-electron chi connectivity index (χ0n) is 29.9. The second kappa shape index (κ2) is 12.6. The van der Waals surface area contributed by atoms with E-state index in [4.69, 9.17) is 4.42 Å². The van der Waals surface area contributed by atoms with Crippen molar-refractivity contribution in [3.63, 3.8) is 0 Å². The summed E-state index contributed by atoms with van der Waals surface area (Å²) < 4.78 is 8.95. The standard InChI is InChI=1S/C52H34N2O/c1-2-13-35(14-3-1)37-16-10-18-41(33-37)53(39-28-30-40(31-29-39)54-48-24-8-6-21-45(48)46-22-7-9-25-49(46)54)42-19-11-17-38(34-42)43-23-12-26-50-51(43)47-32-27-36-15-4-5-20-44(36)52(47)55-50/h1-34H. The number of fused-ring (bicyclic) bond motifs is 8. The molecule has 0 atom stereocenters. The molecule has 0 aliphatic heterocycles. The summed E-state index contributed by atoms with van der Waals surface area (Å²) in [6, 6.07) is 73.9. The van der Waals surface area contributed by atoms with Crippen molar-refractivity contribution in [3.8, 4) is 27.9 Å². The van der Waals surface area contributed by atoms with Gasteiger partial charge >= 0.3 is 0 Å². The van der Waals surface area contributed by atoms with E-state index in [1.54, 1.807) is 0 Å². The third kappa shape index (κ3) is 5.13. The molecule has 258 valence electrons. The van der Waals surface area contributed by atoms with Crippen LogP contribution in [0.15, 0.2) is 211 Å². The lowest BCUT2D eigenvalue weighted by atomic mass is 9.97. The van der Waals surface area contributed by atoms with Crippen molar-refractivity contribution >= 4 is 71.6 Å². The number of benzene rings is 9. The van der Waals surface area contributed by atoms with Gasteiger partial charge in [-0.2, -0.15) is 0 Å². The van der Waals surface area contributed by atoms with Gasteiger partial charge in [-0.25, -0.2) is 0 Å². The van der Waals surface area contributed by atoms with Gasteiger partial charge in [0.05, 0.1) is 11.0 Å². The number of para-hydroxylation sites is 2. The highest BCUT2D eigenvalue weighted by atomic mass is 16.3. The predicted octanol–water partition coefficient (Wildman–Crippen LogP) is 14.6. The number of anilines is 3. The highest BCUT2D eigenvalue weighted by molar-refractivity contribution is 6.19. The molecule has 0 saturated heterocycles. The molecule has 0 aliphatic rings. The summed E-state index contributed by atoms with van der Waals surface area (Å²) in [6.07, 6.45) is 0. The average molecular weight is 703 g/mol. The Balaban J connectivity index is 1.08. The van der Waals surface area contributed by atoms with Gasteiger partial charge in [-0.15, -0.1) is 0 Å². The summed E-state index contributed by atoms with van der Waals surface area (Å²) in [6.45, 7) is 0. The van der Waals surface area contributed by atoms with E-state index in [1.807, 2.05) is 0 Å². The lowest BCUT2D eigenvalue weighted by Crippen LogP contribution is -2.10. The predicted molar refractivity (Wildman–Crippen MR) is 231 cm³/mol. The number of rotatable bonds is 6. The Morgan fingerprint density at radius 1 is 0.382 bits per heavy atom. The quantitative estimate of drug-likeness (QED) is 0.172. The third-order valence-electron chi connectivity index (χ3n) is 11.0. The number of aromatic nitrogens is 1. The molecule has 0 fully saturated rings. The van der Waals surface area contributed by atoms with E-state index in [0.29, 0.717) is 0 Å². The second-order valence-electron chi connectivity index (χ2n) is 14.1. The molecule has 3 heteroatoms. The maximum Gasteiger partial charge on any atom is 0.143 e. The van der Waals surface area contributed by atoms with Gasteiger partial charge in [0.1, 0.15) is 11.2 Å². The topological polar surface area (TPSA) is 21.3 Å². The fourth-order valence-electron chi connectivity index (χ4n) is 8.46. The van der Waals surface area contributed by atoms with Crippen LogP contribution in [0.1, 0.15) is 0 Å². The Hall–Kier alpha value is -7.36. The third-order valence-corrected chi connectivity index (χ3v) is 11.0. The number of hydrogen-bond acceptors (Lipinski definition) is 2. The molecular formula is C52H34N2O. The first kappa shape index (κ1) is 31.2. The number of furan rings is 1. The van der Waals surface area contributed by atoms with Gasteiger partial charge in [0.2, 0.25) is 0 Å². The van der Waals surface area contributed by atoms with E-state index < -0.39 is 0 Å². The van der Waals surface area contributed by atoms with Crippen molar-refractivity contribution in [2.24, 2.45) is 0 Å². The Kier molecular flexibility index (Phi) is 7.17. The molecule has 0 radical (unpaired) electrons. The van der Waals surface area contributed by atoms with Crippen LogP contribution >= 0.6 is 0 Å². The first-order valence-electron chi connectivity index (χ1n) is 18.8. The van der Waals surface area contributed by atoms with Crippen LogP contribution in [0.4, 0.5) is 17.1 Å². The normalized spacial score (nSPS) is 11.6. The van der Waals surface area contributed by atoms with Crippen LogP contribution in [0, 0.1) is 0 Å². The van der Waals surface area contributed by atoms with Gasteiger partial charge in [-0.05, 0) is 100 Å². The molecule has 0 amide bonds. The van der Waals surface area contributed by atoms with Gasteiger partial charge in [0.15, 0.2) is 0 Å². The minimum Gasteiger partial charge on any atom is -0.455 e. The molecule has 9 aromatic carbocycles. The Morgan fingerprint density at radius 3 is 1.73 bits per heavy atom. The number of nitrogens with zero attached hydrogens (tertiary/aromatic N) is 2. The highest BCUT2D eigenvalue weighted by Gasteiger charge is 2.19. The minimum absolute atomic E-state index is 0.891. The molecule has 0 N–H and O–H groups in total. The van der Waals surface area contributed by atoms with Crippen LogP contribution in [0.5, 0.6) is 0 Å². The fraction of sp³-hybridized carbons (Fsp3) is 0. The molecule has 0 unspecified atom stereocenters. The van der Waals surface area contributed by atoms with Crippen LogP contribution < -0.4 is 4.90 Å². The van der Waals surface area contributed by atoms with Crippen LogP contribution in [0.25, 0.3) is 82.5 Å². The largest absolute Gasteiger partial charge is 0.455 e. The summed E-state index contributed by atoms with van der Waals surface area (Å²) in [4.78, 5) is 2.37. The monoisotopic (exact) mass is 702 g/mol. The van der Waals surface area contributed by atoms with E-state index >= 15 is 0 Å². The van der Waals surface area contributed by atoms with Crippen LogP contribution in [-0.2, 0) is 0 Å². The average Bonchev–Trinajstić information content (AvgIpc) is 3.81. The molecule has 0 spiro atoms. The Labute approximate surface area is 318 Å². The van der Waals surface area contributed by atoms with Crippen molar-refractivity contribution in [1.29, 1.82) is 0 Å². The molecule has 0 aliphatic carbocycles. The molecule has 0 bridgehead atoms. The fourth-order valence-corrected chi connectivity index (χ4v) is 8.46. The lowest BCUT2D eigenvalue weighted by Gasteiger charge is -2.27. The lowest BCUT2D eigenvalue weighted by molar-refractivity contribution is 0.673. The van der Waals surface area contributed by atoms with E-state index in [1.165, 1.54) is 38.3 Å². The molecule has 2 heterocycles. The van der Waals surface area contributed by atoms with E-state index in [-0.39, 0.29) is 0 Å². The second-order valence-corrected chi connectivity index (χ2v) is 14.1. The van der Waals surface area contributed by atoms with Gasteiger partial charge < -0.3 is 13.9 Å². The zero-order chi connectivity index (χ0) is 36.3. The van der Waals surface area contributed by atoms with E-state index in [9.17, 15) is 0 Å². The summed E-state index contributed by atoms with van der Waals surface area (Å²) in [5, 5.41) is 7.08. The highest BCUT2D eigenvalue weighted by Crippen LogP contribution is 2.43. The SMILES string of the molecule is c1ccc(-c2cccc(N(c3ccc(-n4c5ccccc5c5ccccc54)cc3)c3cccc(-c4cccc5oc6c7ccccc7ccc6c45)c3)c2)cc1. The van der Waals surface area contributed by atoms with E-state index in [0.717, 1.165) is 61.2 Å². The van der Waals surface area contributed by atoms with Crippen LogP contribution in [0.2, 0.25) is 0 Å². The van der Waals surface area contributed by atoms with Crippen molar-refractivity contribution in [3.05, 3.63) is 206 Å². The first-order chi connectivity index (χ1) is 27.3. The Morgan fingerprint density at radius 2 is 0.982 bits per heavy atom. The summed E-state index contributed by atoms with van der Waals surface area (Å²) in [5.41, 5.74) is 13.2. The van der Waals surface area contributed by atoms with Gasteiger partial charge in [0, 0.05) is 49.7 Å². The molecule has 0 saturated carbocycles. The van der Waals surface area contributed by atoms with Crippen molar-refractivity contribution in [1.82, 2.24) is 4.57 Å². The van der Waals surface area contributed by atoms with Gasteiger partial charge in [0.25, 0.3) is 0 Å². The van der Waals surface area contributed by atoms with Crippen molar-refractivity contribution in [2.45, 2.75) is 0 Å². The molecule has 55 heavy (non-hydrogen) atoms. The van der Waals surface area contributed by atoms with Crippen molar-refractivity contribution in [2.75, 3.05) is 4.90 Å². The van der Waals surface area contributed by atoms with Crippen molar-refractivity contribution < 1.29 is 4.42 Å². The van der Waals surface area contributed by atoms with Crippen LogP contribution in [0.3, 0.4) is 0 Å². The van der Waals surface area contributed by atoms with E-state index in [2.05, 4.69) is 216 Å². The minimum atomic E-state index is 0.891. The zero-order valence-corrected chi connectivity index (χ0v) is 29.9.